The molecule has 1 unspecified atom stereocenters. The number of ether oxygens (including phenoxy) is 2. The number of hydrogen-bond acceptors (Lipinski definition) is 5. The van der Waals surface area contributed by atoms with Gasteiger partial charge in [0.1, 0.15) is 11.7 Å². The number of rotatable bonds is 5. The molecule has 1 aromatic carbocycles. The van der Waals surface area contributed by atoms with Crippen molar-refractivity contribution in [2.45, 2.75) is 45.4 Å². The summed E-state index contributed by atoms with van der Waals surface area (Å²) in [6, 6.07) is 7.59. The van der Waals surface area contributed by atoms with Gasteiger partial charge in [-0.1, -0.05) is 25.1 Å². The maximum atomic E-state index is 12.9. The van der Waals surface area contributed by atoms with Crippen molar-refractivity contribution in [3.63, 3.8) is 0 Å². The highest BCUT2D eigenvalue weighted by atomic mass is 16.5. The van der Waals surface area contributed by atoms with Crippen molar-refractivity contribution in [3.05, 3.63) is 41.1 Å². The van der Waals surface area contributed by atoms with Crippen molar-refractivity contribution in [2.24, 2.45) is 10.9 Å². The van der Waals surface area contributed by atoms with Crippen LogP contribution in [0.3, 0.4) is 0 Å². The molecule has 1 aromatic rings. The van der Waals surface area contributed by atoms with E-state index in [-0.39, 0.29) is 11.8 Å². The zero-order chi connectivity index (χ0) is 18.7. The molecule has 1 aliphatic heterocycles. The molecule has 0 bridgehead atoms. The van der Waals surface area contributed by atoms with Gasteiger partial charge in [-0.3, -0.25) is 14.6 Å². The number of para-hydroxylation sites is 1. The highest BCUT2D eigenvalue weighted by Gasteiger charge is 2.44. The Morgan fingerprint density at radius 2 is 2.00 bits per heavy atom. The Morgan fingerprint density at radius 1 is 1.23 bits per heavy atom. The molecule has 2 aliphatic rings. The Morgan fingerprint density at radius 3 is 2.69 bits per heavy atom. The first-order valence-electron chi connectivity index (χ1n) is 9.25. The third-order valence-electron chi connectivity index (χ3n) is 5.09. The average molecular weight is 355 g/mol. The largest absolute Gasteiger partial charge is 0.496 e. The van der Waals surface area contributed by atoms with Gasteiger partial charge in [0, 0.05) is 34.9 Å². The fraction of sp³-hybridized carbons (Fsp3) is 0.476. The number of allylic oxidation sites excluding steroid dienone is 2. The minimum Gasteiger partial charge on any atom is -0.496 e. The number of benzene rings is 1. The molecule has 138 valence electrons. The van der Waals surface area contributed by atoms with Crippen LogP contribution >= 0.6 is 0 Å². The summed E-state index contributed by atoms with van der Waals surface area (Å²) in [5.74, 6) is -0.559. The van der Waals surface area contributed by atoms with E-state index in [0.29, 0.717) is 30.8 Å². The first-order valence-corrected chi connectivity index (χ1v) is 9.25. The first-order chi connectivity index (χ1) is 12.6. The fourth-order valence-corrected chi connectivity index (χ4v) is 3.98. The molecule has 1 aliphatic carbocycles. The standard InChI is InChI=1S/C21H25NO4/c1-4-14-20(21(24)26-5-2)18(13-9-6-7-12-17(13)25-3)19-15(22-14)10-8-11-16(19)23/h6-7,9,12,18,20H,4-5,8,10-11H2,1-3H3/t18-,20?/m0/s1. The molecule has 0 fully saturated rings. The molecule has 5 heteroatoms. The van der Waals surface area contributed by atoms with Gasteiger partial charge in [-0.2, -0.15) is 0 Å². The van der Waals surface area contributed by atoms with Crippen LogP contribution in [0.5, 0.6) is 5.75 Å². The van der Waals surface area contributed by atoms with Crippen LogP contribution < -0.4 is 4.74 Å². The smallest absolute Gasteiger partial charge is 0.315 e. The van der Waals surface area contributed by atoms with Gasteiger partial charge < -0.3 is 9.47 Å². The molecule has 2 atom stereocenters. The fourth-order valence-electron chi connectivity index (χ4n) is 3.98. The first kappa shape index (κ1) is 18.4. The van der Waals surface area contributed by atoms with Crippen LogP contribution in [0.25, 0.3) is 0 Å². The van der Waals surface area contributed by atoms with E-state index in [1.54, 1.807) is 14.0 Å². The predicted octanol–water partition coefficient (Wildman–Crippen LogP) is 3.83. The number of carbonyl (C=O) groups is 2. The summed E-state index contributed by atoms with van der Waals surface area (Å²) < 4.78 is 10.9. The van der Waals surface area contributed by atoms with E-state index < -0.39 is 11.8 Å². The van der Waals surface area contributed by atoms with Crippen molar-refractivity contribution in [2.75, 3.05) is 13.7 Å². The number of hydrogen-bond donors (Lipinski definition) is 0. The van der Waals surface area contributed by atoms with E-state index in [4.69, 9.17) is 14.5 Å². The van der Waals surface area contributed by atoms with Crippen LogP contribution in [0.4, 0.5) is 0 Å². The monoisotopic (exact) mass is 355 g/mol. The Labute approximate surface area is 154 Å². The van der Waals surface area contributed by atoms with Crippen LogP contribution in [0, 0.1) is 5.92 Å². The molecule has 0 saturated heterocycles. The van der Waals surface area contributed by atoms with E-state index in [1.807, 2.05) is 31.2 Å². The lowest BCUT2D eigenvalue weighted by Crippen LogP contribution is -2.38. The van der Waals surface area contributed by atoms with Gasteiger partial charge in [0.05, 0.1) is 13.7 Å². The number of Topliss-reactive ketones (excluding diaryl/α,β-unsaturated/α-hetero) is 1. The van der Waals surface area contributed by atoms with Gasteiger partial charge in [0.2, 0.25) is 0 Å². The lowest BCUT2D eigenvalue weighted by atomic mass is 9.71. The van der Waals surface area contributed by atoms with Gasteiger partial charge in [-0.15, -0.1) is 0 Å². The normalized spacial score (nSPS) is 22.6. The lowest BCUT2D eigenvalue weighted by Gasteiger charge is -2.35. The topological polar surface area (TPSA) is 65.0 Å². The van der Waals surface area contributed by atoms with Gasteiger partial charge in [0.25, 0.3) is 0 Å². The van der Waals surface area contributed by atoms with Crippen LogP contribution in [0.15, 0.2) is 40.5 Å². The molecule has 5 nitrogen and oxygen atoms in total. The van der Waals surface area contributed by atoms with E-state index in [2.05, 4.69) is 0 Å². The predicted molar refractivity (Wildman–Crippen MR) is 99.5 cm³/mol. The van der Waals surface area contributed by atoms with Crippen LogP contribution in [0.2, 0.25) is 0 Å². The van der Waals surface area contributed by atoms with Gasteiger partial charge in [-0.25, -0.2) is 0 Å². The highest BCUT2D eigenvalue weighted by Crippen LogP contribution is 2.46. The van der Waals surface area contributed by atoms with E-state index in [1.165, 1.54) is 0 Å². The molecule has 26 heavy (non-hydrogen) atoms. The van der Waals surface area contributed by atoms with Crippen molar-refractivity contribution >= 4 is 17.5 Å². The summed E-state index contributed by atoms with van der Waals surface area (Å²) in [7, 11) is 1.60. The number of nitrogens with zero attached hydrogens (tertiary/aromatic N) is 1. The van der Waals surface area contributed by atoms with Crippen molar-refractivity contribution in [3.8, 4) is 5.75 Å². The van der Waals surface area contributed by atoms with E-state index in [0.717, 1.165) is 29.8 Å². The minimum absolute atomic E-state index is 0.0790. The Hall–Kier alpha value is -2.43. The number of esters is 1. The number of methoxy groups -OCH3 is 1. The molecule has 0 amide bonds. The second-order valence-electron chi connectivity index (χ2n) is 6.54. The maximum Gasteiger partial charge on any atom is 0.315 e. The molecule has 1 heterocycles. The second kappa shape index (κ2) is 7.85. The van der Waals surface area contributed by atoms with Crippen LogP contribution in [-0.2, 0) is 14.3 Å². The molecule has 0 spiro atoms. The summed E-state index contributed by atoms with van der Waals surface area (Å²) in [5, 5.41) is 0. The average Bonchev–Trinajstić information content (AvgIpc) is 2.66. The van der Waals surface area contributed by atoms with Crippen LogP contribution in [-0.4, -0.2) is 31.2 Å². The summed E-state index contributed by atoms with van der Waals surface area (Å²) in [4.78, 5) is 30.4. The zero-order valence-electron chi connectivity index (χ0n) is 15.6. The number of aliphatic imine (C=N–C) groups is 1. The molecular formula is C21H25NO4. The molecule has 0 radical (unpaired) electrons. The Balaban J connectivity index is 2.22. The molecule has 0 aromatic heterocycles. The van der Waals surface area contributed by atoms with Crippen molar-refractivity contribution in [1.29, 1.82) is 0 Å². The molecule has 3 rings (SSSR count). The summed E-state index contributed by atoms with van der Waals surface area (Å²) in [6.45, 7) is 4.07. The van der Waals surface area contributed by atoms with E-state index >= 15 is 0 Å². The Bertz CT molecular complexity index is 778. The highest BCUT2D eigenvalue weighted by molar-refractivity contribution is 6.09. The molecule has 0 N–H and O–H groups in total. The summed E-state index contributed by atoms with van der Waals surface area (Å²) in [5.41, 5.74) is 3.12. The minimum atomic E-state index is -0.586. The number of ketones is 1. The van der Waals surface area contributed by atoms with Crippen LogP contribution in [0.1, 0.15) is 51.0 Å². The zero-order valence-corrected chi connectivity index (χ0v) is 15.6. The molecule has 0 saturated carbocycles. The number of carbonyl (C=O) groups excluding carboxylic acids is 2. The van der Waals surface area contributed by atoms with Gasteiger partial charge in [0.15, 0.2) is 5.78 Å². The Kier molecular flexibility index (Phi) is 5.55. The lowest BCUT2D eigenvalue weighted by molar-refractivity contribution is -0.146. The maximum absolute atomic E-state index is 12.9. The second-order valence-corrected chi connectivity index (χ2v) is 6.54. The van der Waals surface area contributed by atoms with Gasteiger partial charge in [-0.05, 0) is 32.3 Å². The summed E-state index contributed by atoms with van der Waals surface area (Å²) in [6.07, 6.45) is 2.71. The van der Waals surface area contributed by atoms with Gasteiger partial charge >= 0.3 is 5.97 Å². The third kappa shape index (κ3) is 3.18. The molecular weight excluding hydrogens is 330 g/mol. The van der Waals surface area contributed by atoms with Crippen molar-refractivity contribution in [1.82, 2.24) is 0 Å². The van der Waals surface area contributed by atoms with E-state index in [9.17, 15) is 9.59 Å². The summed E-state index contributed by atoms with van der Waals surface area (Å²) >= 11 is 0. The van der Waals surface area contributed by atoms with Crippen molar-refractivity contribution < 1.29 is 19.1 Å². The third-order valence-corrected chi connectivity index (χ3v) is 5.09. The quantitative estimate of drug-likeness (QED) is 0.753. The SMILES string of the molecule is CCOC(=O)C1C(CC)=NC2=C(C(=O)CCC2)[C@@H]1c1ccccc1OC.